The molecule has 1 aliphatic heterocycles. The molecular formula is C25H23NO5. The molecule has 1 N–H and O–H groups in total. The molecule has 1 atom stereocenters. The van der Waals surface area contributed by atoms with Gasteiger partial charge < -0.3 is 19.5 Å². The monoisotopic (exact) mass is 417 g/mol. The first-order chi connectivity index (χ1) is 15.1. The molecule has 2 aromatic rings. The minimum Gasteiger partial charge on any atom is -0.493 e. The van der Waals surface area contributed by atoms with Crippen LogP contribution in [0.4, 0.5) is 0 Å². The second-order valence-electron chi connectivity index (χ2n) is 7.81. The molecule has 0 fully saturated rings. The van der Waals surface area contributed by atoms with Crippen LogP contribution in [0, 0.1) is 0 Å². The van der Waals surface area contributed by atoms with E-state index in [0.717, 1.165) is 35.4 Å². The second kappa shape index (κ2) is 7.30. The summed E-state index contributed by atoms with van der Waals surface area (Å²) in [5.41, 5.74) is 5.15. The molecule has 6 heteroatoms. The molecular weight excluding hydrogens is 394 g/mol. The van der Waals surface area contributed by atoms with E-state index in [1.807, 2.05) is 30.3 Å². The highest BCUT2D eigenvalue weighted by Gasteiger charge is 2.45. The predicted octanol–water partition coefficient (Wildman–Crippen LogP) is 4.01. The van der Waals surface area contributed by atoms with Crippen LogP contribution < -0.4 is 19.5 Å². The molecule has 0 unspecified atom stereocenters. The lowest BCUT2D eigenvalue weighted by molar-refractivity contribution is -0.116. The Bertz CT molecular complexity index is 1190. The quantitative estimate of drug-likeness (QED) is 0.810. The number of benzene rings is 2. The molecule has 158 valence electrons. The Morgan fingerprint density at radius 2 is 1.58 bits per heavy atom. The van der Waals surface area contributed by atoms with Crippen molar-refractivity contribution in [3.05, 3.63) is 69.9 Å². The smallest absolute Gasteiger partial charge is 0.203 e. The number of hydrogen-bond acceptors (Lipinski definition) is 6. The standard InChI is InChI=1S/C25H23NO5/c1-29-18-12-11-15(24(30-2)25(18)31-3)19-20-16(9-6-10-17(20)27)26-22-13-7-4-5-8-14(13)23(28)21(19)22/h4-5,7-8,11-12,19,26H,6,9-10H2,1-3H3/t19-/m1/s1. The van der Waals surface area contributed by atoms with Gasteiger partial charge in [0.2, 0.25) is 5.75 Å². The Kier molecular flexibility index (Phi) is 4.58. The van der Waals surface area contributed by atoms with Crippen LogP contribution in [0.25, 0.3) is 5.70 Å². The van der Waals surface area contributed by atoms with E-state index in [1.54, 1.807) is 27.4 Å². The van der Waals surface area contributed by atoms with Crippen LogP contribution >= 0.6 is 0 Å². The van der Waals surface area contributed by atoms with Gasteiger partial charge in [-0.05, 0) is 18.9 Å². The number of allylic oxidation sites excluding steroid dienone is 3. The minimum atomic E-state index is -0.534. The van der Waals surface area contributed by atoms with Crippen LogP contribution in [-0.2, 0) is 4.79 Å². The van der Waals surface area contributed by atoms with Crippen LogP contribution in [0.2, 0.25) is 0 Å². The Morgan fingerprint density at radius 3 is 2.29 bits per heavy atom. The lowest BCUT2D eigenvalue weighted by atomic mass is 9.74. The third kappa shape index (κ3) is 2.71. The molecule has 0 amide bonds. The normalized spacial score (nSPS) is 19.5. The number of ketones is 2. The number of hydrogen-bond donors (Lipinski definition) is 1. The zero-order valence-corrected chi connectivity index (χ0v) is 17.7. The predicted molar refractivity (Wildman–Crippen MR) is 116 cm³/mol. The van der Waals surface area contributed by atoms with Gasteiger partial charge in [0.05, 0.1) is 27.0 Å². The number of Topliss-reactive ketones (excluding diaryl/α,β-unsaturated/α-hetero) is 2. The van der Waals surface area contributed by atoms with E-state index < -0.39 is 5.92 Å². The van der Waals surface area contributed by atoms with Crippen molar-refractivity contribution < 1.29 is 23.8 Å². The Morgan fingerprint density at radius 1 is 0.839 bits per heavy atom. The lowest BCUT2D eigenvalue weighted by Crippen LogP contribution is -2.32. The molecule has 0 bridgehead atoms. The third-order valence-corrected chi connectivity index (χ3v) is 6.31. The van der Waals surface area contributed by atoms with Crippen molar-refractivity contribution in [2.45, 2.75) is 25.2 Å². The Labute approximate surface area is 180 Å². The number of carbonyl (C=O) groups excluding carboxylic acids is 2. The van der Waals surface area contributed by atoms with Gasteiger partial charge in [-0.2, -0.15) is 0 Å². The molecule has 5 rings (SSSR count). The van der Waals surface area contributed by atoms with Gasteiger partial charge >= 0.3 is 0 Å². The van der Waals surface area contributed by atoms with Crippen molar-refractivity contribution in [1.82, 2.24) is 5.32 Å². The largest absolute Gasteiger partial charge is 0.493 e. The SMILES string of the molecule is COc1ccc([C@@H]2C3=C(CCCC3=O)NC3=C2C(=O)c2ccccc23)c(OC)c1OC. The third-order valence-electron chi connectivity index (χ3n) is 6.31. The number of fused-ring (bicyclic) bond motifs is 2. The fourth-order valence-electron chi connectivity index (χ4n) is 5.00. The summed E-state index contributed by atoms with van der Waals surface area (Å²) < 4.78 is 16.8. The number of dihydropyridines is 1. The highest BCUT2D eigenvalue weighted by Crippen LogP contribution is 2.53. The van der Waals surface area contributed by atoms with Gasteiger partial charge in [-0.1, -0.05) is 30.3 Å². The molecule has 0 saturated heterocycles. The van der Waals surface area contributed by atoms with Gasteiger partial charge in [0.25, 0.3) is 0 Å². The number of ether oxygens (including phenoxy) is 3. The summed E-state index contributed by atoms with van der Waals surface area (Å²) >= 11 is 0. The van der Waals surface area contributed by atoms with Crippen molar-refractivity contribution in [3.8, 4) is 17.2 Å². The fourth-order valence-corrected chi connectivity index (χ4v) is 5.00. The van der Waals surface area contributed by atoms with E-state index in [2.05, 4.69) is 5.32 Å². The first-order valence-corrected chi connectivity index (χ1v) is 10.3. The molecule has 0 radical (unpaired) electrons. The summed E-state index contributed by atoms with van der Waals surface area (Å²) in [7, 11) is 4.66. The molecule has 6 nitrogen and oxygen atoms in total. The van der Waals surface area contributed by atoms with E-state index in [0.29, 0.717) is 40.4 Å². The zero-order valence-electron chi connectivity index (χ0n) is 17.7. The van der Waals surface area contributed by atoms with Gasteiger partial charge in [0.15, 0.2) is 23.1 Å². The Balaban J connectivity index is 1.79. The van der Waals surface area contributed by atoms with Crippen molar-refractivity contribution in [2.24, 2.45) is 0 Å². The summed E-state index contributed by atoms with van der Waals surface area (Å²) in [6, 6.07) is 11.2. The minimum absolute atomic E-state index is 0.0610. The maximum atomic E-state index is 13.5. The highest BCUT2D eigenvalue weighted by atomic mass is 16.5. The van der Waals surface area contributed by atoms with Gasteiger partial charge in [-0.25, -0.2) is 0 Å². The molecule has 1 heterocycles. The van der Waals surface area contributed by atoms with Crippen molar-refractivity contribution in [1.29, 1.82) is 0 Å². The number of nitrogens with one attached hydrogen (secondary N) is 1. The average Bonchev–Trinajstić information content (AvgIpc) is 3.09. The Hall–Kier alpha value is -3.54. The van der Waals surface area contributed by atoms with Crippen LogP contribution in [-0.4, -0.2) is 32.9 Å². The number of methoxy groups -OCH3 is 3. The molecule has 0 aromatic heterocycles. The van der Waals surface area contributed by atoms with E-state index in [4.69, 9.17) is 14.2 Å². The van der Waals surface area contributed by atoms with Crippen LogP contribution in [0.1, 0.15) is 46.7 Å². The first kappa shape index (κ1) is 19.4. The highest BCUT2D eigenvalue weighted by molar-refractivity contribution is 6.23. The van der Waals surface area contributed by atoms with Crippen LogP contribution in [0.3, 0.4) is 0 Å². The van der Waals surface area contributed by atoms with Crippen LogP contribution in [0.5, 0.6) is 17.2 Å². The van der Waals surface area contributed by atoms with Gasteiger partial charge in [-0.15, -0.1) is 0 Å². The van der Waals surface area contributed by atoms with Crippen LogP contribution in [0.15, 0.2) is 53.2 Å². The molecule has 0 spiro atoms. The second-order valence-corrected chi connectivity index (χ2v) is 7.81. The van der Waals surface area contributed by atoms with Gasteiger partial charge in [0, 0.05) is 45.9 Å². The van der Waals surface area contributed by atoms with Crippen molar-refractivity contribution >= 4 is 17.3 Å². The molecule has 31 heavy (non-hydrogen) atoms. The molecule has 0 saturated carbocycles. The fraction of sp³-hybridized carbons (Fsp3) is 0.280. The van der Waals surface area contributed by atoms with E-state index >= 15 is 0 Å². The van der Waals surface area contributed by atoms with Gasteiger partial charge in [0.1, 0.15) is 0 Å². The maximum absolute atomic E-state index is 13.5. The van der Waals surface area contributed by atoms with Crippen molar-refractivity contribution in [3.63, 3.8) is 0 Å². The zero-order chi connectivity index (χ0) is 21.7. The summed E-state index contributed by atoms with van der Waals surface area (Å²) in [5.74, 6) is 0.895. The lowest BCUT2D eigenvalue weighted by Gasteiger charge is -2.34. The van der Waals surface area contributed by atoms with E-state index in [9.17, 15) is 9.59 Å². The molecule has 2 aliphatic carbocycles. The van der Waals surface area contributed by atoms with E-state index in [1.165, 1.54) is 0 Å². The molecule has 2 aromatic carbocycles. The summed E-state index contributed by atoms with van der Waals surface area (Å²) in [4.78, 5) is 26.7. The first-order valence-electron chi connectivity index (χ1n) is 10.3. The molecule has 3 aliphatic rings. The number of carbonyl (C=O) groups is 2. The summed E-state index contributed by atoms with van der Waals surface area (Å²) in [6.07, 6.45) is 2.02. The average molecular weight is 417 g/mol. The van der Waals surface area contributed by atoms with E-state index in [-0.39, 0.29) is 11.6 Å². The maximum Gasteiger partial charge on any atom is 0.203 e. The van der Waals surface area contributed by atoms with Gasteiger partial charge in [-0.3, -0.25) is 9.59 Å². The topological polar surface area (TPSA) is 73.9 Å². The van der Waals surface area contributed by atoms with Crippen molar-refractivity contribution in [2.75, 3.05) is 21.3 Å². The summed E-state index contributed by atoms with van der Waals surface area (Å²) in [5, 5.41) is 3.44. The summed E-state index contributed by atoms with van der Waals surface area (Å²) in [6.45, 7) is 0. The number of rotatable bonds is 4.